The Labute approximate surface area is 118 Å². The highest BCUT2D eigenvalue weighted by Crippen LogP contribution is 2.20. The highest BCUT2D eigenvalue weighted by atomic mass is 14.9. The molecule has 0 spiro atoms. The van der Waals surface area contributed by atoms with E-state index in [2.05, 4.69) is 35.9 Å². The summed E-state index contributed by atoms with van der Waals surface area (Å²) in [5, 5.41) is 3.64. The number of hydrogen-bond donors (Lipinski definition) is 1. The summed E-state index contributed by atoms with van der Waals surface area (Å²) in [6, 6.07) is 4.77. The van der Waals surface area contributed by atoms with E-state index in [1.165, 1.54) is 37.7 Å². The third kappa shape index (κ3) is 6.53. The second kappa shape index (κ2) is 9.74. The van der Waals surface area contributed by atoms with Crippen LogP contribution in [0.1, 0.15) is 62.7 Å². The number of rotatable bonds is 10. The molecular formula is C17H28N2. The van der Waals surface area contributed by atoms with Crippen molar-refractivity contribution in [3.05, 3.63) is 42.2 Å². The van der Waals surface area contributed by atoms with Gasteiger partial charge in [-0.25, -0.2) is 0 Å². The van der Waals surface area contributed by atoms with Crippen molar-refractivity contribution in [2.45, 2.75) is 58.4 Å². The zero-order valence-electron chi connectivity index (χ0n) is 12.5. The van der Waals surface area contributed by atoms with Crippen LogP contribution in [0.3, 0.4) is 0 Å². The average Bonchev–Trinajstić information content (AvgIpc) is 2.43. The van der Waals surface area contributed by atoms with Gasteiger partial charge in [0.05, 0.1) is 0 Å². The molecule has 1 aromatic rings. The van der Waals surface area contributed by atoms with Gasteiger partial charge in [-0.1, -0.05) is 31.9 Å². The van der Waals surface area contributed by atoms with Crippen LogP contribution < -0.4 is 5.32 Å². The predicted molar refractivity (Wildman–Crippen MR) is 83.3 cm³/mol. The molecule has 1 atom stereocenters. The maximum Gasteiger partial charge on any atom is 0.0372 e. The zero-order chi connectivity index (χ0) is 13.9. The molecule has 0 bridgehead atoms. The molecule has 2 heteroatoms. The van der Waals surface area contributed by atoms with Crippen LogP contribution in [0.15, 0.2) is 31.0 Å². The fraction of sp³-hybridized carbons (Fsp3) is 0.588. The Morgan fingerprint density at radius 2 is 2.16 bits per heavy atom. The maximum absolute atomic E-state index is 4.41. The Morgan fingerprint density at radius 3 is 2.79 bits per heavy atom. The number of aromatic nitrogens is 1. The highest BCUT2D eigenvalue weighted by molar-refractivity contribution is 5.17. The number of unbranched alkanes of at least 4 members (excludes halogenated alkanes) is 3. The van der Waals surface area contributed by atoms with Crippen molar-refractivity contribution in [2.24, 2.45) is 0 Å². The molecular weight excluding hydrogens is 232 g/mol. The topological polar surface area (TPSA) is 24.9 Å². The molecule has 0 saturated heterocycles. The summed E-state index contributed by atoms with van der Waals surface area (Å²) in [5.74, 6) is 0. The second-order valence-electron chi connectivity index (χ2n) is 5.17. The minimum atomic E-state index is 0.455. The lowest BCUT2D eigenvalue weighted by molar-refractivity contribution is 0.471. The minimum Gasteiger partial charge on any atom is -0.310 e. The first-order valence-corrected chi connectivity index (χ1v) is 7.54. The van der Waals surface area contributed by atoms with Crippen molar-refractivity contribution in [2.75, 3.05) is 6.54 Å². The lowest BCUT2D eigenvalue weighted by Crippen LogP contribution is -2.22. The van der Waals surface area contributed by atoms with Crippen molar-refractivity contribution in [1.29, 1.82) is 0 Å². The summed E-state index contributed by atoms with van der Waals surface area (Å²) in [4.78, 5) is 4.41. The summed E-state index contributed by atoms with van der Waals surface area (Å²) < 4.78 is 0. The van der Waals surface area contributed by atoms with Crippen molar-refractivity contribution >= 4 is 0 Å². The molecule has 1 N–H and O–H groups in total. The van der Waals surface area contributed by atoms with E-state index in [0.717, 1.165) is 18.7 Å². The predicted octanol–water partition coefficient (Wildman–Crippen LogP) is 4.57. The largest absolute Gasteiger partial charge is 0.310 e. The molecule has 1 unspecified atom stereocenters. The molecule has 0 aliphatic heterocycles. The van der Waals surface area contributed by atoms with Crippen LogP contribution in [-0.2, 0) is 0 Å². The van der Waals surface area contributed by atoms with Gasteiger partial charge in [-0.15, -0.1) is 6.58 Å². The van der Waals surface area contributed by atoms with E-state index in [-0.39, 0.29) is 0 Å². The van der Waals surface area contributed by atoms with E-state index >= 15 is 0 Å². The molecule has 1 heterocycles. The molecule has 0 aliphatic carbocycles. The molecule has 1 rings (SSSR count). The molecule has 19 heavy (non-hydrogen) atoms. The molecule has 0 saturated carbocycles. The summed E-state index contributed by atoms with van der Waals surface area (Å²) in [7, 11) is 0. The minimum absolute atomic E-state index is 0.455. The first-order chi connectivity index (χ1) is 9.27. The summed E-state index contributed by atoms with van der Waals surface area (Å²) in [6.07, 6.45) is 11.4. The van der Waals surface area contributed by atoms with Crippen LogP contribution >= 0.6 is 0 Å². The van der Waals surface area contributed by atoms with Crippen molar-refractivity contribution < 1.29 is 0 Å². The lowest BCUT2D eigenvalue weighted by Gasteiger charge is -2.18. The highest BCUT2D eigenvalue weighted by Gasteiger charge is 2.10. The van der Waals surface area contributed by atoms with Crippen molar-refractivity contribution in [3.63, 3.8) is 0 Å². The SMILES string of the molecule is C=CCCCCCC(NCCC)c1ccc(C)nc1. The van der Waals surface area contributed by atoms with Gasteiger partial charge in [-0.3, -0.25) is 4.98 Å². The van der Waals surface area contributed by atoms with E-state index in [1.807, 2.05) is 19.2 Å². The van der Waals surface area contributed by atoms with Gasteiger partial charge in [0.2, 0.25) is 0 Å². The zero-order valence-corrected chi connectivity index (χ0v) is 12.5. The molecule has 0 amide bonds. The Morgan fingerprint density at radius 1 is 1.32 bits per heavy atom. The van der Waals surface area contributed by atoms with Crippen LogP contribution in [0.2, 0.25) is 0 Å². The number of hydrogen-bond acceptors (Lipinski definition) is 2. The Bertz CT molecular complexity index is 343. The van der Waals surface area contributed by atoms with E-state index < -0.39 is 0 Å². The van der Waals surface area contributed by atoms with Crippen molar-refractivity contribution in [1.82, 2.24) is 10.3 Å². The molecule has 2 nitrogen and oxygen atoms in total. The third-order valence-corrected chi connectivity index (χ3v) is 3.38. The van der Waals surface area contributed by atoms with Gasteiger partial charge >= 0.3 is 0 Å². The van der Waals surface area contributed by atoms with Crippen molar-refractivity contribution in [3.8, 4) is 0 Å². The molecule has 0 radical (unpaired) electrons. The number of aryl methyl sites for hydroxylation is 1. The first-order valence-electron chi connectivity index (χ1n) is 7.54. The lowest BCUT2D eigenvalue weighted by atomic mass is 10.0. The normalized spacial score (nSPS) is 12.3. The smallest absolute Gasteiger partial charge is 0.0372 e. The number of nitrogens with one attached hydrogen (secondary N) is 1. The summed E-state index contributed by atoms with van der Waals surface area (Å²) in [5.41, 5.74) is 2.41. The quantitative estimate of drug-likeness (QED) is 0.492. The average molecular weight is 260 g/mol. The van der Waals surface area contributed by atoms with Crippen LogP contribution in [0.25, 0.3) is 0 Å². The molecule has 1 aromatic heterocycles. The van der Waals surface area contributed by atoms with Gasteiger partial charge in [0.1, 0.15) is 0 Å². The number of allylic oxidation sites excluding steroid dienone is 1. The Kier molecular flexibility index (Phi) is 8.15. The molecule has 0 aromatic carbocycles. The van der Waals surface area contributed by atoms with Gasteiger partial charge in [0, 0.05) is 17.9 Å². The molecule has 0 fully saturated rings. The van der Waals surface area contributed by atoms with Crippen LogP contribution in [0.4, 0.5) is 0 Å². The monoisotopic (exact) mass is 260 g/mol. The molecule has 0 aliphatic rings. The number of nitrogens with zero attached hydrogens (tertiary/aromatic N) is 1. The van der Waals surface area contributed by atoms with Gasteiger partial charge < -0.3 is 5.32 Å². The maximum atomic E-state index is 4.41. The van der Waals surface area contributed by atoms with Gasteiger partial charge in [-0.05, 0) is 50.8 Å². The Balaban J connectivity index is 2.46. The van der Waals surface area contributed by atoms with Crippen LogP contribution in [0.5, 0.6) is 0 Å². The van der Waals surface area contributed by atoms with E-state index in [1.54, 1.807) is 0 Å². The number of pyridine rings is 1. The van der Waals surface area contributed by atoms with Gasteiger partial charge in [0.25, 0.3) is 0 Å². The van der Waals surface area contributed by atoms with Gasteiger partial charge in [0.15, 0.2) is 0 Å². The first kappa shape index (κ1) is 15.9. The third-order valence-electron chi connectivity index (χ3n) is 3.38. The van der Waals surface area contributed by atoms with E-state index in [9.17, 15) is 0 Å². The summed E-state index contributed by atoms with van der Waals surface area (Å²) in [6.45, 7) is 9.09. The fourth-order valence-electron chi connectivity index (χ4n) is 2.20. The van der Waals surface area contributed by atoms with Crippen LogP contribution in [0, 0.1) is 6.92 Å². The van der Waals surface area contributed by atoms with Crippen LogP contribution in [-0.4, -0.2) is 11.5 Å². The Hall–Kier alpha value is -1.15. The van der Waals surface area contributed by atoms with E-state index in [0.29, 0.717) is 6.04 Å². The molecule has 106 valence electrons. The van der Waals surface area contributed by atoms with E-state index in [4.69, 9.17) is 0 Å². The summed E-state index contributed by atoms with van der Waals surface area (Å²) >= 11 is 0. The standard InChI is InChI=1S/C17H28N2/c1-4-6-7-8-9-10-17(18-13-5-2)16-12-11-15(3)19-14-16/h4,11-12,14,17-18H,1,5-10,13H2,2-3H3. The fourth-order valence-corrected chi connectivity index (χ4v) is 2.20. The van der Waals surface area contributed by atoms with Gasteiger partial charge in [-0.2, -0.15) is 0 Å². The second-order valence-corrected chi connectivity index (χ2v) is 5.17.